The van der Waals surface area contributed by atoms with Crippen molar-refractivity contribution in [3.05, 3.63) is 0 Å². The molecule has 0 atom stereocenters. The van der Waals surface area contributed by atoms with Gasteiger partial charge in [-0.2, -0.15) is 0 Å². The van der Waals surface area contributed by atoms with Gasteiger partial charge in [0.1, 0.15) is 0 Å². The Bertz CT molecular complexity index is 379. The summed E-state index contributed by atoms with van der Waals surface area (Å²) in [6.07, 6.45) is 0. The molecule has 272 valence electrons. The van der Waals surface area contributed by atoms with E-state index in [0.29, 0.717) is 78.5 Å². The van der Waals surface area contributed by atoms with Crippen LogP contribution in [0.5, 0.6) is 0 Å². The molecule has 0 unspecified atom stereocenters. The van der Waals surface area contributed by atoms with Gasteiger partial charge in [-0.25, -0.2) is 0 Å². The Morgan fingerprint density at radius 3 is 0.386 bits per heavy atom. The first-order chi connectivity index (χ1) is 21.1. The van der Waals surface area contributed by atoms with Crippen LogP contribution in [0.1, 0.15) is 0 Å². The van der Waals surface area contributed by atoms with Crippen molar-refractivity contribution in [2.24, 2.45) is 0 Å². The normalized spacial score (nSPS) is 10.4. The fraction of sp³-hybridized carbons (Fsp3) is 1.00. The van der Waals surface area contributed by atoms with Crippen molar-refractivity contribution in [1.82, 2.24) is 19.6 Å². The fourth-order valence-electron chi connectivity index (χ4n) is 3.04. The van der Waals surface area contributed by atoms with Gasteiger partial charge in [-0.3, -0.25) is 19.6 Å². The molecule has 0 saturated carbocycles. The summed E-state index contributed by atoms with van der Waals surface area (Å²) >= 11 is -3.79. The van der Waals surface area contributed by atoms with E-state index in [2.05, 4.69) is 0 Å². The number of rotatable bonds is 24. The Balaban J connectivity index is -0.000000147. The molecule has 14 N–H and O–H groups in total. The van der Waals surface area contributed by atoms with Crippen molar-refractivity contribution in [1.29, 1.82) is 0 Å². The van der Waals surface area contributed by atoms with Crippen LogP contribution < -0.4 is 0 Å². The van der Waals surface area contributed by atoms with E-state index in [4.69, 9.17) is 70.5 Å². The van der Waals surface area contributed by atoms with Crippen LogP contribution in [0.15, 0.2) is 0 Å². The van der Waals surface area contributed by atoms with Crippen LogP contribution >= 0.6 is 0 Å². The zero-order valence-corrected chi connectivity index (χ0v) is 28.4. The van der Waals surface area contributed by atoms with Crippen molar-refractivity contribution in [2.45, 2.75) is 0 Å². The summed E-state index contributed by atoms with van der Waals surface area (Å²) < 4.78 is 23.3. The number of aliphatic hydroxyl groups excluding tert-OH is 12. The molecule has 0 aromatic carbocycles. The average molecular weight is 738 g/mol. The van der Waals surface area contributed by atoms with Crippen molar-refractivity contribution in [2.75, 3.05) is 158 Å². The van der Waals surface area contributed by atoms with Crippen LogP contribution in [0.4, 0.5) is 0 Å². The van der Waals surface area contributed by atoms with E-state index in [0.717, 1.165) is 0 Å². The fourth-order valence-corrected chi connectivity index (χ4v) is 3.04. The van der Waals surface area contributed by atoms with Crippen molar-refractivity contribution < 1.29 is 93.1 Å². The van der Waals surface area contributed by atoms with E-state index in [1.807, 2.05) is 0 Å². The second-order valence-electron chi connectivity index (χ2n) is 8.33. The number of nitrogens with zero attached hydrogens (tertiary/aromatic N) is 4. The summed E-state index contributed by atoms with van der Waals surface area (Å²) in [4.78, 5) is 7.17. The maximum absolute atomic E-state index is 8.84. The third-order valence-corrected chi connectivity index (χ3v) is 4.99. The van der Waals surface area contributed by atoms with Gasteiger partial charge in [-0.15, -0.1) is 0 Å². The first-order valence-corrected chi connectivity index (χ1v) is 17.4. The van der Waals surface area contributed by atoms with Gasteiger partial charge in [-0.1, -0.05) is 0 Å². The van der Waals surface area contributed by atoms with Gasteiger partial charge < -0.3 is 61.3 Å². The molecule has 19 nitrogen and oxygen atoms in total. The topological polar surface area (TPSA) is 313 Å². The molecule has 0 amide bonds. The summed E-state index contributed by atoms with van der Waals surface area (Å²) in [6.45, 7) is 7.01. The molecule has 0 heterocycles. The average Bonchev–Trinajstić information content (AvgIpc) is 2.96. The third-order valence-electron chi connectivity index (χ3n) is 4.99. The standard InChI is InChI=1S/4C6H15NO3.2H2O.O.Zr/c4*8-4-1-7(2-5-9)3-6-10;;;;/h4*8-10H,1-6H2;2*1H2;;/q;;;;;;;+2/p-2. The minimum atomic E-state index is -3.79. The molecule has 0 spiro atoms. The van der Waals surface area contributed by atoms with E-state index in [-0.39, 0.29) is 79.3 Å². The maximum atomic E-state index is 8.84. The summed E-state index contributed by atoms with van der Waals surface area (Å²) in [7, 11) is 0. The van der Waals surface area contributed by atoms with Gasteiger partial charge in [0, 0.05) is 78.5 Å². The molecule has 0 aliphatic carbocycles. The van der Waals surface area contributed by atoms with Gasteiger partial charge in [0.25, 0.3) is 0 Å². The first-order valence-electron chi connectivity index (χ1n) is 14.2. The SMILES string of the molecule is OCCN(CCO)CCO.OCCN(CCO)CCO.OCCN(CCO)CCO.OCCN(CCO)CCO.[O]=[Zr]([OH])[OH]. The van der Waals surface area contributed by atoms with E-state index < -0.39 is 22.6 Å². The zero-order chi connectivity index (χ0) is 34.9. The molecule has 0 aromatic heterocycles. The predicted octanol–water partition coefficient (Wildman–Crippen LogP) is -8.17. The molecular formula is C24H62N4O15Zr. The summed E-state index contributed by atoms with van der Waals surface area (Å²) in [5, 5.41) is 102. The Morgan fingerprint density at radius 2 is 0.341 bits per heavy atom. The van der Waals surface area contributed by atoms with Crippen molar-refractivity contribution in [3.8, 4) is 0 Å². The Morgan fingerprint density at radius 1 is 0.273 bits per heavy atom. The van der Waals surface area contributed by atoms with Gasteiger partial charge in [0.15, 0.2) is 0 Å². The predicted molar refractivity (Wildman–Crippen MR) is 156 cm³/mol. The second-order valence-corrected chi connectivity index (χ2v) is 9.72. The van der Waals surface area contributed by atoms with Crippen LogP contribution in [0, 0.1) is 0 Å². The summed E-state index contributed by atoms with van der Waals surface area (Å²) in [5.41, 5.74) is 0. The quantitative estimate of drug-likeness (QED) is 0.0437. The van der Waals surface area contributed by atoms with E-state index in [1.165, 1.54) is 0 Å². The molecule has 20 heteroatoms. The Kier molecular flexibility index (Phi) is 60.5. The van der Waals surface area contributed by atoms with E-state index >= 15 is 0 Å². The molecule has 0 fully saturated rings. The Hall–Kier alpha value is -0.0369. The first kappa shape index (κ1) is 53.5. The summed E-state index contributed by atoms with van der Waals surface area (Å²) in [6, 6.07) is 0. The van der Waals surface area contributed by atoms with Crippen LogP contribution in [0.3, 0.4) is 0 Å². The van der Waals surface area contributed by atoms with Crippen molar-refractivity contribution >= 4 is 0 Å². The molecule has 44 heavy (non-hydrogen) atoms. The second kappa shape index (κ2) is 49.8. The molecular weight excluding hydrogens is 676 g/mol. The molecule has 0 aliphatic heterocycles. The third kappa shape index (κ3) is 54.4. The minimum absolute atomic E-state index is 0.0694. The van der Waals surface area contributed by atoms with E-state index in [9.17, 15) is 0 Å². The monoisotopic (exact) mass is 736 g/mol. The molecule has 0 rings (SSSR count). The van der Waals surface area contributed by atoms with Gasteiger partial charge in [-0.05, 0) is 0 Å². The Labute approximate surface area is 270 Å². The van der Waals surface area contributed by atoms with Crippen LogP contribution in [0.25, 0.3) is 0 Å². The number of aliphatic hydroxyl groups is 12. The number of hydrogen-bond acceptors (Lipinski definition) is 17. The van der Waals surface area contributed by atoms with Crippen LogP contribution in [0.2, 0.25) is 0 Å². The number of hydrogen-bond donors (Lipinski definition) is 14. The molecule has 0 radical (unpaired) electrons. The van der Waals surface area contributed by atoms with Gasteiger partial charge >= 0.3 is 31.8 Å². The molecule has 0 saturated heterocycles. The van der Waals surface area contributed by atoms with Gasteiger partial charge in [0.2, 0.25) is 0 Å². The molecule has 0 aromatic rings. The summed E-state index contributed by atoms with van der Waals surface area (Å²) in [5.74, 6) is 0. The van der Waals surface area contributed by atoms with Gasteiger partial charge in [0.05, 0.1) is 79.3 Å². The van der Waals surface area contributed by atoms with Crippen LogP contribution in [-0.2, 0) is 25.4 Å². The molecule has 0 bridgehead atoms. The van der Waals surface area contributed by atoms with Crippen molar-refractivity contribution in [3.63, 3.8) is 0 Å². The zero-order valence-electron chi connectivity index (χ0n) is 25.9. The van der Waals surface area contributed by atoms with Crippen LogP contribution in [-0.4, -0.2) is 245 Å². The van der Waals surface area contributed by atoms with E-state index in [1.54, 1.807) is 19.6 Å². The molecule has 0 aliphatic rings.